The standard InChI is InChI=1S/C16H24O4/c1-4-18-16(11(2)3)15(17)12-6-7-13-14(10-12)20-9-5-8-19-13/h6-7,10-11,15-17H,4-5,8-9H2,1-3H3. The van der Waals surface area contributed by atoms with Gasteiger partial charge in [-0.1, -0.05) is 19.9 Å². The summed E-state index contributed by atoms with van der Waals surface area (Å²) in [6.07, 6.45) is -0.00279. The Bertz CT molecular complexity index is 430. The number of fused-ring (bicyclic) bond motifs is 1. The van der Waals surface area contributed by atoms with Crippen LogP contribution in [0.15, 0.2) is 18.2 Å². The molecule has 0 aliphatic carbocycles. The maximum absolute atomic E-state index is 10.5. The Balaban J connectivity index is 2.21. The summed E-state index contributed by atoms with van der Waals surface area (Å²) >= 11 is 0. The molecule has 2 unspecified atom stereocenters. The Morgan fingerprint density at radius 1 is 1.20 bits per heavy atom. The van der Waals surface area contributed by atoms with Crippen molar-refractivity contribution in [1.82, 2.24) is 0 Å². The van der Waals surface area contributed by atoms with Crippen LogP contribution >= 0.6 is 0 Å². The van der Waals surface area contributed by atoms with Crippen LogP contribution < -0.4 is 9.47 Å². The molecule has 2 atom stereocenters. The third-order valence-electron chi connectivity index (χ3n) is 3.44. The van der Waals surface area contributed by atoms with Gasteiger partial charge in [-0.2, -0.15) is 0 Å². The van der Waals surface area contributed by atoms with Gasteiger partial charge in [0.1, 0.15) is 6.10 Å². The highest BCUT2D eigenvalue weighted by molar-refractivity contribution is 5.44. The second kappa shape index (κ2) is 6.95. The largest absolute Gasteiger partial charge is 0.490 e. The number of hydrogen-bond acceptors (Lipinski definition) is 4. The van der Waals surface area contributed by atoms with Gasteiger partial charge in [0.2, 0.25) is 0 Å². The molecule has 1 heterocycles. The highest BCUT2D eigenvalue weighted by atomic mass is 16.5. The van der Waals surface area contributed by atoms with E-state index in [0.717, 1.165) is 17.7 Å². The van der Waals surface area contributed by atoms with Crippen LogP contribution in [0.2, 0.25) is 0 Å². The number of hydrogen-bond donors (Lipinski definition) is 1. The van der Waals surface area contributed by atoms with Crippen molar-refractivity contribution in [2.24, 2.45) is 5.92 Å². The number of ether oxygens (including phenoxy) is 3. The van der Waals surface area contributed by atoms with E-state index in [1.807, 2.05) is 39.0 Å². The van der Waals surface area contributed by atoms with Gasteiger partial charge in [0.25, 0.3) is 0 Å². The van der Waals surface area contributed by atoms with E-state index < -0.39 is 6.10 Å². The molecule has 0 radical (unpaired) electrons. The average Bonchev–Trinajstić information content (AvgIpc) is 2.68. The highest BCUT2D eigenvalue weighted by Gasteiger charge is 2.25. The van der Waals surface area contributed by atoms with Crippen LogP contribution in [0, 0.1) is 5.92 Å². The van der Waals surface area contributed by atoms with Gasteiger partial charge in [0.15, 0.2) is 11.5 Å². The molecule has 1 aliphatic rings. The first-order valence-corrected chi connectivity index (χ1v) is 7.32. The molecule has 20 heavy (non-hydrogen) atoms. The molecule has 0 fully saturated rings. The Labute approximate surface area is 120 Å². The molecule has 1 aliphatic heterocycles. The topological polar surface area (TPSA) is 47.9 Å². The molecule has 4 heteroatoms. The van der Waals surface area contributed by atoms with E-state index in [1.165, 1.54) is 0 Å². The minimum atomic E-state index is -0.660. The molecule has 1 N–H and O–H groups in total. The maximum atomic E-state index is 10.5. The lowest BCUT2D eigenvalue weighted by molar-refractivity contribution is -0.0586. The molecule has 0 bridgehead atoms. The number of benzene rings is 1. The molecule has 1 aromatic rings. The van der Waals surface area contributed by atoms with Gasteiger partial charge in [-0.15, -0.1) is 0 Å². The van der Waals surface area contributed by atoms with Crippen molar-refractivity contribution in [3.05, 3.63) is 23.8 Å². The lowest BCUT2D eigenvalue weighted by Gasteiger charge is -2.26. The lowest BCUT2D eigenvalue weighted by atomic mass is 9.95. The van der Waals surface area contributed by atoms with Crippen molar-refractivity contribution in [2.45, 2.75) is 39.4 Å². The first kappa shape index (κ1) is 15.1. The third-order valence-corrected chi connectivity index (χ3v) is 3.44. The molecular formula is C16H24O4. The van der Waals surface area contributed by atoms with Gasteiger partial charge in [0.05, 0.1) is 19.3 Å². The van der Waals surface area contributed by atoms with E-state index in [0.29, 0.717) is 25.6 Å². The normalized spacial score (nSPS) is 17.6. The van der Waals surface area contributed by atoms with E-state index >= 15 is 0 Å². The number of rotatable bonds is 5. The Morgan fingerprint density at radius 2 is 1.90 bits per heavy atom. The molecular weight excluding hydrogens is 256 g/mol. The van der Waals surface area contributed by atoms with Gasteiger partial charge in [0, 0.05) is 13.0 Å². The predicted octanol–water partition coefficient (Wildman–Crippen LogP) is 2.94. The van der Waals surface area contributed by atoms with Crippen molar-refractivity contribution in [3.63, 3.8) is 0 Å². The summed E-state index contributed by atoms with van der Waals surface area (Å²) < 4.78 is 16.9. The van der Waals surface area contributed by atoms with Crippen molar-refractivity contribution >= 4 is 0 Å². The summed E-state index contributed by atoms with van der Waals surface area (Å²) in [5.74, 6) is 1.69. The zero-order chi connectivity index (χ0) is 14.5. The van der Waals surface area contributed by atoms with Gasteiger partial charge >= 0.3 is 0 Å². The fourth-order valence-corrected chi connectivity index (χ4v) is 2.39. The van der Waals surface area contributed by atoms with Crippen molar-refractivity contribution in [1.29, 1.82) is 0 Å². The van der Waals surface area contributed by atoms with Crippen LogP contribution in [-0.2, 0) is 4.74 Å². The highest BCUT2D eigenvalue weighted by Crippen LogP contribution is 2.34. The first-order chi connectivity index (χ1) is 9.63. The Hall–Kier alpha value is -1.26. The van der Waals surface area contributed by atoms with E-state index in [-0.39, 0.29) is 12.0 Å². The fourth-order valence-electron chi connectivity index (χ4n) is 2.39. The monoisotopic (exact) mass is 280 g/mol. The smallest absolute Gasteiger partial charge is 0.161 e. The summed E-state index contributed by atoms with van der Waals surface area (Å²) in [4.78, 5) is 0. The Kier molecular flexibility index (Phi) is 5.26. The third kappa shape index (κ3) is 3.44. The Morgan fingerprint density at radius 3 is 2.55 bits per heavy atom. The summed E-state index contributed by atoms with van der Waals surface area (Å²) in [5, 5.41) is 10.5. The van der Waals surface area contributed by atoms with Crippen molar-refractivity contribution in [3.8, 4) is 11.5 Å². The lowest BCUT2D eigenvalue weighted by Crippen LogP contribution is -2.27. The zero-order valence-corrected chi connectivity index (χ0v) is 12.5. The fraction of sp³-hybridized carbons (Fsp3) is 0.625. The summed E-state index contributed by atoms with van der Waals surface area (Å²) in [6.45, 7) is 7.94. The molecule has 0 aromatic heterocycles. The van der Waals surface area contributed by atoms with Crippen LogP contribution in [0.25, 0.3) is 0 Å². The minimum absolute atomic E-state index is 0.218. The van der Waals surface area contributed by atoms with Gasteiger partial charge in [-0.25, -0.2) is 0 Å². The van der Waals surface area contributed by atoms with Gasteiger partial charge in [-0.3, -0.25) is 0 Å². The molecule has 2 rings (SSSR count). The summed E-state index contributed by atoms with van der Waals surface area (Å²) in [5.41, 5.74) is 0.807. The molecule has 0 spiro atoms. The summed E-state index contributed by atoms with van der Waals surface area (Å²) in [6, 6.07) is 5.61. The van der Waals surface area contributed by atoms with E-state index in [9.17, 15) is 5.11 Å². The minimum Gasteiger partial charge on any atom is -0.490 e. The average molecular weight is 280 g/mol. The number of aliphatic hydroxyl groups is 1. The maximum Gasteiger partial charge on any atom is 0.161 e. The molecule has 1 aromatic carbocycles. The SMILES string of the molecule is CCOC(C(C)C)C(O)c1ccc2c(c1)OCCCO2. The second-order valence-corrected chi connectivity index (χ2v) is 5.37. The zero-order valence-electron chi connectivity index (χ0n) is 12.5. The summed E-state index contributed by atoms with van der Waals surface area (Å²) in [7, 11) is 0. The predicted molar refractivity (Wildman–Crippen MR) is 77.3 cm³/mol. The molecule has 0 amide bonds. The van der Waals surface area contributed by atoms with Crippen molar-refractivity contribution < 1.29 is 19.3 Å². The van der Waals surface area contributed by atoms with Crippen molar-refractivity contribution in [2.75, 3.05) is 19.8 Å². The number of aliphatic hydroxyl groups excluding tert-OH is 1. The van der Waals surface area contributed by atoms with Crippen LogP contribution in [0.5, 0.6) is 11.5 Å². The first-order valence-electron chi connectivity index (χ1n) is 7.32. The second-order valence-electron chi connectivity index (χ2n) is 5.37. The van der Waals surface area contributed by atoms with Crippen LogP contribution in [0.4, 0.5) is 0 Å². The molecule has 4 nitrogen and oxygen atoms in total. The van der Waals surface area contributed by atoms with E-state index in [1.54, 1.807) is 0 Å². The quantitative estimate of drug-likeness (QED) is 0.901. The van der Waals surface area contributed by atoms with E-state index in [2.05, 4.69) is 0 Å². The van der Waals surface area contributed by atoms with Gasteiger partial charge < -0.3 is 19.3 Å². The van der Waals surface area contributed by atoms with E-state index in [4.69, 9.17) is 14.2 Å². The van der Waals surface area contributed by atoms with Crippen LogP contribution in [0.1, 0.15) is 38.9 Å². The van der Waals surface area contributed by atoms with Gasteiger partial charge in [-0.05, 0) is 30.5 Å². The van der Waals surface area contributed by atoms with Crippen LogP contribution in [-0.4, -0.2) is 31.0 Å². The molecule has 0 saturated heterocycles. The molecule has 0 saturated carbocycles. The molecule has 112 valence electrons. The van der Waals surface area contributed by atoms with Crippen LogP contribution in [0.3, 0.4) is 0 Å².